The minimum Gasteiger partial charge on any atom is -0.387 e. The molecule has 3 heterocycles. The summed E-state index contributed by atoms with van der Waals surface area (Å²) >= 11 is 1.38. The number of nitrogens with zero attached hydrogens (tertiary/aromatic N) is 4. The van der Waals surface area contributed by atoms with Gasteiger partial charge in [0.25, 0.3) is 5.89 Å². The molecule has 0 atom stereocenters. The quantitative estimate of drug-likeness (QED) is 0.430. The van der Waals surface area contributed by atoms with E-state index in [9.17, 15) is 18.0 Å². The van der Waals surface area contributed by atoms with Crippen LogP contribution in [0.4, 0.5) is 0 Å². The molecule has 0 aliphatic carbocycles. The number of aromatic nitrogens is 2. The number of rotatable bonds is 5. The summed E-state index contributed by atoms with van der Waals surface area (Å²) in [5.41, 5.74) is 0. The molecule has 1 aliphatic heterocycles. The van der Waals surface area contributed by atoms with Crippen molar-refractivity contribution in [2.45, 2.75) is 11.4 Å². The minimum absolute atomic E-state index is 0.175. The number of hydrogen-bond acceptors (Lipinski definition) is 7. The predicted octanol–water partition coefficient (Wildman–Crippen LogP) is 2.25. The zero-order valence-corrected chi connectivity index (χ0v) is 19.1. The van der Waals surface area contributed by atoms with Gasteiger partial charge >= 0.3 is 5.76 Å². The van der Waals surface area contributed by atoms with E-state index in [0.29, 0.717) is 4.88 Å². The second-order valence-corrected chi connectivity index (χ2v) is 10.5. The Labute approximate surface area is 193 Å². The molecule has 4 aromatic rings. The van der Waals surface area contributed by atoms with Gasteiger partial charge in [0, 0.05) is 26.2 Å². The van der Waals surface area contributed by atoms with Gasteiger partial charge in [0.05, 0.1) is 9.77 Å². The number of benzene rings is 2. The predicted molar refractivity (Wildman–Crippen MR) is 123 cm³/mol. The van der Waals surface area contributed by atoms with Crippen molar-refractivity contribution in [3.05, 3.63) is 70.5 Å². The molecule has 9 nitrogen and oxygen atoms in total. The van der Waals surface area contributed by atoms with Gasteiger partial charge in [-0.15, -0.1) is 16.4 Å². The van der Waals surface area contributed by atoms with E-state index in [1.807, 2.05) is 35.7 Å². The molecule has 1 fully saturated rings. The first kappa shape index (κ1) is 21.6. The van der Waals surface area contributed by atoms with E-state index in [-0.39, 0.29) is 49.4 Å². The van der Waals surface area contributed by atoms with Crippen molar-refractivity contribution in [3.63, 3.8) is 0 Å². The standard InChI is InChI=1S/C22H20N4O5S2/c27-20(15-26-22(28)31-21(23-26)19-6-3-13-32-19)24-9-11-25(12-10-24)33(29,30)18-8-7-16-4-1-2-5-17(16)14-18/h1-8,13-14H,9-12,15H2. The summed E-state index contributed by atoms with van der Waals surface area (Å²) in [5.74, 6) is -0.843. The van der Waals surface area contributed by atoms with Crippen molar-refractivity contribution >= 4 is 38.0 Å². The molecule has 2 aromatic heterocycles. The van der Waals surface area contributed by atoms with Crippen LogP contribution in [0.2, 0.25) is 0 Å². The molecule has 11 heteroatoms. The summed E-state index contributed by atoms with van der Waals surface area (Å²) in [7, 11) is -3.68. The fourth-order valence-electron chi connectivity index (χ4n) is 3.79. The Morgan fingerprint density at radius 2 is 1.76 bits per heavy atom. The van der Waals surface area contributed by atoms with Crippen LogP contribution < -0.4 is 5.76 Å². The number of sulfonamides is 1. The Kier molecular flexibility index (Phi) is 5.60. The molecule has 0 bridgehead atoms. The van der Waals surface area contributed by atoms with Crippen LogP contribution in [-0.4, -0.2) is 59.5 Å². The van der Waals surface area contributed by atoms with Gasteiger partial charge in [-0.05, 0) is 34.4 Å². The lowest BCUT2D eigenvalue weighted by Crippen LogP contribution is -2.51. The van der Waals surface area contributed by atoms with Gasteiger partial charge < -0.3 is 9.32 Å². The first-order valence-electron chi connectivity index (χ1n) is 10.3. The molecule has 170 valence electrons. The van der Waals surface area contributed by atoms with Crippen LogP contribution in [0.1, 0.15) is 0 Å². The van der Waals surface area contributed by atoms with Gasteiger partial charge in [0.2, 0.25) is 15.9 Å². The number of hydrogen-bond donors (Lipinski definition) is 0. The summed E-state index contributed by atoms with van der Waals surface area (Å²) < 4.78 is 33.7. The molecule has 2 aromatic carbocycles. The third kappa shape index (κ3) is 4.22. The molecule has 0 spiro atoms. The number of piperazine rings is 1. The second-order valence-electron chi connectivity index (χ2n) is 7.60. The molecule has 5 rings (SSSR count). The Bertz CT molecular complexity index is 1470. The highest BCUT2D eigenvalue weighted by Crippen LogP contribution is 2.23. The van der Waals surface area contributed by atoms with E-state index in [1.165, 1.54) is 15.6 Å². The molecule has 0 radical (unpaired) electrons. The Morgan fingerprint density at radius 3 is 2.48 bits per heavy atom. The van der Waals surface area contributed by atoms with Crippen LogP contribution in [-0.2, 0) is 21.4 Å². The van der Waals surface area contributed by atoms with E-state index in [0.717, 1.165) is 15.5 Å². The zero-order valence-electron chi connectivity index (χ0n) is 17.5. The topological polar surface area (TPSA) is 106 Å². The van der Waals surface area contributed by atoms with Crippen molar-refractivity contribution in [2.24, 2.45) is 0 Å². The van der Waals surface area contributed by atoms with Crippen LogP contribution in [0.25, 0.3) is 21.5 Å². The summed E-state index contributed by atoms with van der Waals surface area (Å²) in [6.45, 7) is 0.557. The summed E-state index contributed by atoms with van der Waals surface area (Å²) in [4.78, 5) is 27.2. The van der Waals surface area contributed by atoms with Gasteiger partial charge in [0.15, 0.2) is 0 Å². The SMILES string of the molecule is O=C(Cn1nc(-c2cccs2)oc1=O)N1CCN(S(=O)(=O)c2ccc3ccccc3c2)CC1. The van der Waals surface area contributed by atoms with E-state index < -0.39 is 15.8 Å². The molecule has 0 saturated carbocycles. The second kappa shape index (κ2) is 8.58. The Hall–Kier alpha value is -3.28. The number of carbonyl (C=O) groups excluding carboxylic acids is 1. The lowest BCUT2D eigenvalue weighted by Gasteiger charge is -2.34. The molecule has 33 heavy (non-hydrogen) atoms. The van der Waals surface area contributed by atoms with Gasteiger partial charge in [0.1, 0.15) is 6.54 Å². The van der Waals surface area contributed by atoms with Crippen molar-refractivity contribution in [1.82, 2.24) is 19.0 Å². The third-order valence-corrected chi connectivity index (χ3v) is 8.33. The molecule has 1 aliphatic rings. The first-order valence-corrected chi connectivity index (χ1v) is 12.6. The number of carbonyl (C=O) groups is 1. The maximum absolute atomic E-state index is 13.1. The minimum atomic E-state index is -3.68. The van der Waals surface area contributed by atoms with Gasteiger partial charge in [-0.2, -0.15) is 8.99 Å². The molecule has 0 N–H and O–H groups in total. The first-order chi connectivity index (χ1) is 15.9. The van der Waals surface area contributed by atoms with E-state index in [4.69, 9.17) is 4.42 Å². The number of amides is 1. The average Bonchev–Trinajstić information content (AvgIpc) is 3.49. The highest BCUT2D eigenvalue weighted by molar-refractivity contribution is 7.89. The lowest BCUT2D eigenvalue weighted by atomic mass is 10.1. The van der Waals surface area contributed by atoms with Crippen molar-refractivity contribution in [2.75, 3.05) is 26.2 Å². The Balaban J connectivity index is 1.25. The zero-order chi connectivity index (χ0) is 23.0. The summed E-state index contributed by atoms with van der Waals surface area (Å²) in [6, 6.07) is 16.2. The Morgan fingerprint density at radius 1 is 1.00 bits per heavy atom. The van der Waals surface area contributed by atoms with E-state index in [2.05, 4.69) is 5.10 Å². The monoisotopic (exact) mass is 484 g/mol. The van der Waals surface area contributed by atoms with Crippen LogP contribution in [0.15, 0.2) is 74.1 Å². The van der Waals surface area contributed by atoms with Gasteiger partial charge in [-0.3, -0.25) is 4.79 Å². The lowest BCUT2D eigenvalue weighted by molar-refractivity contribution is -0.133. The maximum atomic E-state index is 13.1. The van der Waals surface area contributed by atoms with Gasteiger partial charge in [-0.25, -0.2) is 13.2 Å². The van der Waals surface area contributed by atoms with Crippen LogP contribution in [0.3, 0.4) is 0 Å². The van der Waals surface area contributed by atoms with Crippen LogP contribution in [0, 0.1) is 0 Å². The van der Waals surface area contributed by atoms with Gasteiger partial charge in [-0.1, -0.05) is 36.4 Å². The summed E-state index contributed by atoms with van der Waals surface area (Å²) in [5, 5.41) is 7.76. The fourth-order valence-corrected chi connectivity index (χ4v) is 5.89. The molecule has 1 saturated heterocycles. The van der Waals surface area contributed by atoms with Crippen molar-refractivity contribution in [1.29, 1.82) is 0 Å². The van der Waals surface area contributed by atoms with E-state index in [1.54, 1.807) is 29.2 Å². The average molecular weight is 485 g/mol. The summed E-state index contributed by atoms with van der Waals surface area (Å²) in [6.07, 6.45) is 0. The molecular formula is C22H20N4O5S2. The van der Waals surface area contributed by atoms with Crippen molar-refractivity contribution in [3.8, 4) is 10.8 Å². The van der Waals surface area contributed by atoms with Crippen LogP contribution >= 0.6 is 11.3 Å². The van der Waals surface area contributed by atoms with E-state index >= 15 is 0 Å². The normalized spacial score (nSPS) is 15.2. The number of fused-ring (bicyclic) bond motifs is 1. The highest BCUT2D eigenvalue weighted by Gasteiger charge is 2.30. The molecule has 0 unspecified atom stereocenters. The highest BCUT2D eigenvalue weighted by atomic mass is 32.2. The third-order valence-electron chi connectivity index (χ3n) is 5.57. The maximum Gasteiger partial charge on any atom is 0.437 e. The molecule has 1 amide bonds. The number of thiophene rings is 1. The molecular weight excluding hydrogens is 464 g/mol. The van der Waals surface area contributed by atoms with Crippen LogP contribution in [0.5, 0.6) is 0 Å². The smallest absolute Gasteiger partial charge is 0.387 e. The fraction of sp³-hybridized carbons (Fsp3) is 0.227. The largest absolute Gasteiger partial charge is 0.437 e. The van der Waals surface area contributed by atoms with Crippen molar-refractivity contribution < 1.29 is 17.6 Å².